The molecule has 0 fully saturated rings. The van der Waals surface area contributed by atoms with E-state index in [4.69, 9.17) is 14.6 Å². The molecule has 162 valence electrons. The van der Waals surface area contributed by atoms with Crippen molar-refractivity contribution in [1.82, 2.24) is 9.97 Å². The second kappa shape index (κ2) is 10.3. The molecule has 0 amide bonds. The van der Waals surface area contributed by atoms with Crippen LogP contribution in [0.3, 0.4) is 0 Å². The Hall–Kier alpha value is -3.06. The van der Waals surface area contributed by atoms with Crippen LogP contribution < -0.4 is 14.5 Å². The Morgan fingerprint density at radius 1 is 0.871 bits per heavy atom. The van der Waals surface area contributed by atoms with Crippen molar-refractivity contribution in [2.24, 2.45) is 10.5 Å². The molecular weight excluding hydrogens is 408 g/mol. The van der Waals surface area contributed by atoms with Gasteiger partial charge in [-0.25, -0.2) is 5.01 Å². The number of hydrogen-bond acceptors (Lipinski definition) is 7. The van der Waals surface area contributed by atoms with Crippen molar-refractivity contribution in [2.75, 3.05) is 19.2 Å². The predicted octanol–water partition coefficient (Wildman–Crippen LogP) is 5.82. The molecule has 2 aromatic carbocycles. The van der Waals surface area contributed by atoms with Gasteiger partial charge in [0.15, 0.2) is 5.16 Å². The maximum Gasteiger partial charge on any atom is 0.220 e. The van der Waals surface area contributed by atoms with Crippen molar-refractivity contribution in [2.45, 2.75) is 31.2 Å². The van der Waals surface area contributed by atoms with Crippen LogP contribution in [0.4, 0.5) is 11.4 Å². The maximum absolute atomic E-state index is 5.29. The van der Waals surface area contributed by atoms with Gasteiger partial charge in [-0.15, -0.1) is 0 Å². The van der Waals surface area contributed by atoms with Crippen LogP contribution in [0.15, 0.2) is 77.0 Å². The van der Waals surface area contributed by atoms with E-state index in [-0.39, 0.29) is 10.7 Å². The summed E-state index contributed by atoms with van der Waals surface area (Å²) < 4.78 is 10.6. The number of nitrogens with zero attached hydrogens (tertiary/aromatic N) is 4. The van der Waals surface area contributed by atoms with Crippen molar-refractivity contribution in [3.8, 4) is 11.8 Å². The van der Waals surface area contributed by atoms with Gasteiger partial charge in [0.05, 0.1) is 36.9 Å². The molecule has 0 N–H and O–H groups in total. The summed E-state index contributed by atoms with van der Waals surface area (Å²) in [6.07, 6.45) is 1.96. The number of methoxy groups -OCH3 is 2. The molecule has 1 atom stereocenters. The van der Waals surface area contributed by atoms with Gasteiger partial charge < -0.3 is 9.47 Å². The van der Waals surface area contributed by atoms with Crippen molar-refractivity contribution < 1.29 is 9.47 Å². The van der Waals surface area contributed by atoms with Gasteiger partial charge in [-0.05, 0) is 29.7 Å². The normalized spacial score (nSPS) is 12.5. The number of aromatic nitrogens is 2. The summed E-state index contributed by atoms with van der Waals surface area (Å²) in [6, 6.07) is 21.9. The van der Waals surface area contributed by atoms with E-state index in [1.54, 1.807) is 20.3 Å². The van der Waals surface area contributed by atoms with Crippen molar-refractivity contribution in [3.63, 3.8) is 0 Å². The van der Waals surface area contributed by atoms with Crippen LogP contribution in [0.2, 0.25) is 0 Å². The Bertz CT molecular complexity index is 930. The molecule has 0 saturated carbocycles. The SMILES string of the molecule is COc1cc(OC)nc(SC(C=NN(c2ccccc2)c2ccccc2)C(C)(C)C)n1. The van der Waals surface area contributed by atoms with E-state index in [1.165, 1.54) is 11.8 Å². The Morgan fingerprint density at radius 2 is 1.35 bits per heavy atom. The van der Waals surface area contributed by atoms with Crippen LogP contribution >= 0.6 is 11.8 Å². The fourth-order valence-electron chi connectivity index (χ4n) is 2.74. The summed E-state index contributed by atoms with van der Waals surface area (Å²) in [6.45, 7) is 6.51. The molecule has 0 bridgehead atoms. The lowest BCUT2D eigenvalue weighted by atomic mass is 9.92. The van der Waals surface area contributed by atoms with Gasteiger partial charge in [0, 0.05) is 6.21 Å². The highest BCUT2D eigenvalue weighted by Gasteiger charge is 2.26. The summed E-state index contributed by atoms with van der Waals surface area (Å²) in [4.78, 5) is 8.94. The lowest BCUT2D eigenvalue weighted by molar-refractivity contribution is 0.364. The smallest absolute Gasteiger partial charge is 0.220 e. The number of benzene rings is 2. The number of hydrazone groups is 1. The summed E-state index contributed by atoms with van der Waals surface area (Å²) in [5.41, 5.74) is 1.89. The number of thioether (sulfide) groups is 1. The van der Waals surface area contributed by atoms with E-state index in [0.29, 0.717) is 16.9 Å². The van der Waals surface area contributed by atoms with Crippen LogP contribution in [0.1, 0.15) is 20.8 Å². The molecule has 3 rings (SSSR count). The van der Waals surface area contributed by atoms with Gasteiger partial charge in [-0.2, -0.15) is 15.1 Å². The first-order valence-electron chi connectivity index (χ1n) is 9.99. The monoisotopic (exact) mass is 436 g/mol. The first-order valence-corrected chi connectivity index (χ1v) is 10.9. The third-order valence-corrected chi connectivity index (χ3v) is 5.96. The standard InChI is InChI=1S/C24H28N4O2S/c1-24(2,3)20(31-23-26-21(29-4)16-22(27-23)30-5)17-25-28(18-12-8-6-9-13-18)19-14-10-7-11-15-19/h6-17,20H,1-5H3. The molecule has 0 radical (unpaired) electrons. The van der Waals surface area contributed by atoms with E-state index < -0.39 is 0 Å². The third-order valence-electron chi connectivity index (χ3n) is 4.48. The zero-order valence-corrected chi connectivity index (χ0v) is 19.3. The number of anilines is 2. The van der Waals surface area contributed by atoms with Gasteiger partial charge in [-0.3, -0.25) is 0 Å². The largest absolute Gasteiger partial charge is 0.481 e. The Morgan fingerprint density at radius 3 is 1.77 bits per heavy atom. The number of rotatable bonds is 8. The van der Waals surface area contributed by atoms with Crippen LogP contribution in [0, 0.1) is 5.41 Å². The van der Waals surface area contributed by atoms with Gasteiger partial charge in [0.2, 0.25) is 11.8 Å². The highest BCUT2D eigenvalue weighted by molar-refractivity contribution is 8.00. The maximum atomic E-state index is 5.29. The van der Waals surface area contributed by atoms with Crippen LogP contribution in [0.25, 0.3) is 0 Å². The average Bonchev–Trinajstić information content (AvgIpc) is 2.79. The second-order valence-corrected chi connectivity index (χ2v) is 9.00. The minimum Gasteiger partial charge on any atom is -0.481 e. The fraction of sp³-hybridized carbons (Fsp3) is 0.292. The number of ether oxygens (including phenoxy) is 2. The minimum atomic E-state index is -0.0904. The van der Waals surface area contributed by atoms with E-state index >= 15 is 0 Å². The lowest BCUT2D eigenvalue weighted by Gasteiger charge is -2.27. The van der Waals surface area contributed by atoms with E-state index in [1.807, 2.05) is 71.9 Å². The zero-order chi connectivity index (χ0) is 22.3. The summed E-state index contributed by atoms with van der Waals surface area (Å²) >= 11 is 1.53. The number of hydrogen-bond donors (Lipinski definition) is 0. The Labute approximate surface area is 188 Å². The van der Waals surface area contributed by atoms with E-state index in [2.05, 4.69) is 30.7 Å². The number of para-hydroxylation sites is 2. The van der Waals surface area contributed by atoms with Gasteiger partial charge in [0.25, 0.3) is 0 Å². The van der Waals surface area contributed by atoms with Crippen LogP contribution in [-0.2, 0) is 0 Å². The topological polar surface area (TPSA) is 59.8 Å². The molecule has 31 heavy (non-hydrogen) atoms. The first-order chi connectivity index (χ1) is 14.9. The van der Waals surface area contributed by atoms with Crippen molar-refractivity contribution >= 4 is 29.4 Å². The molecule has 0 aliphatic carbocycles. The average molecular weight is 437 g/mol. The Kier molecular flexibility index (Phi) is 7.52. The molecule has 0 aliphatic rings. The quantitative estimate of drug-likeness (QED) is 0.192. The molecule has 0 aliphatic heterocycles. The van der Waals surface area contributed by atoms with E-state index in [9.17, 15) is 0 Å². The van der Waals surface area contributed by atoms with Crippen LogP contribution in [0.5, 0.6) is 11.8 Å². The van der Waals surface area contributed by atoms with Crippen molar-refractivity contribution in [1.29, 1.82) is 0 Å². The third kappa shape index (κ3) is 6.21. The predicted molar refractivity (Wildman–Crippen MR) is 128 cm³/mol. The summed E-state index contributed by atoms with van der Waals surface area (Å²) in [5.74, 6) is 0.934. The lowest BCUT2D eigenvalue weighted by Crippen LogP contribution is -2.26. The molecule has 1 aromatic heterocycles. The van der Waals surface area contributed by atoms with Gasteiger partial charge in [0.1, 0.15) is 0 Å². The molecule has 0 saturated heterocycles. The molecule has 1 unspecified atom stereocenters. The van der Waals surface area contributed by atoms with Gasteiger partial charge in [-0.1, -0.05) is 68.9 Å². The fourth-order valence-corrected chi connectivity index (χ4v) is 3.72. The molecular formula is C24H28N4O2S. The van der Waals surface area contributed by atoms with Gasteiger partial charge >= 0.3 is 0 Å². The highest BCUT2D eigenvalue weighted by atomic mass is 32.2. The van der Waals surface area contributed by atoms with Crippen LogP contribution in [-0.4, -0.2) is 35.7 Å². The zero-order valence-electron chi connectivity index (χ0n) is 18.5. The van der Waals surface area contributed by atoms with Crippen molar-refractivity contribution in [3.05, 3.63) is 66.7 Å². The first kappa shape index (κ1) is 22.6. The molecule has 0 spiro atoms. The highest BCUT2D eigenvalue weighted by Crippen LogP contribution is 2.35. The Balaban J connectivity index is 1.94. The molecule has 7 heteroatoms. The molecule has 1 heterocycles. The van der Waals surface area contributed by atoms with E-state index in [0.717, 1.165) is 11.4 Å². The minimum absolute atomic E-state index is 0.000707. The second-order valence-electron chi connectivity index (χ2n) is 7.89. The molecule has 3 aromatic rings. The summed E-state index contributed by atoms with van der Waals surface area (Å²) in [7, 11) is 3.16. The summed E-state index contributed by atoms with van der Waals surface area (Å²) in [5, 5.41) is 7.40. The molecule has 6 nitrogen and oxygen atoms in total.